The second-order valence-electron chi connectivity index (χ2n) is 0. The highest BCUT2D eigenvalue weighted by Crippen LogP contribution is 0.847. The van der Waals surface area contributed by atoms with E-state index in [2.05, 4.69) is 0 Å². The van der Waals surface area contributed by atoms with Crippen LogP contribution in [0.25, 0.3) is 0 Å². The van der Waals surface area contributed by atoms with Crippen LogP contribution < -0.4 is 0 Å². The van der Waals surface area contributed by atoms with Crippen molar-refractivity contribution in [3.63, 3.8) is 0 Å². The number of hydrogen-bond donors (Lipinski definition) is 0. The lowest BCUT2D eigenvalue weighted by Gasteiger charge is -0.270. The molecule has 36 valence electrons. The van der Waals surface area contributed by atoms with E-state index in [9.17, 15) is 0 Å². The molecule has 0 aromatic heterocycles. The van der Waals surface area contributed by atoms with E-state index in [1.165, 1.54) is 0 Å². The summed E-state index contributed by atoms with van der Waals surface area (Å²) >= 11 is 0. The monoisotopic (exact) mass is 228 g/mol. The summed E-state index contributed by atoms with van der Waals surface area (Å²) in [5, 5.41) is 0. The molecule has 5 heteroatoms. The standard InChI is InChI=1S/2BrH.2FH.Si/h4*1H;. The smallest absolute Gasteiger partial charge is 0 e. The summed E-state index contributed by atoms with van der Waals surface area (Å²) in [6, 6.07) is 0. The van der Waals surface area contributed by atoms with Crippen molar-refractivity contribution in [2.45, 2.75) is 0 Å². The van der Waals surface area contributed by atoms with E-state index in [0.717, 1.165) is 0 Å². The first-order valence-corrected chi connectivity index (χ1v) is 0. The fourth-order valence-corrected chi connectivity index (χ4v) is 0. The number of rotatable bonds is 0. The molecule has 0 spiro atoms. The van der Waals surface area contributed by atoms with E-state index in [4.69, 9.17) is 0 Å². The third kappa shape index (κ3) is 43.2. The maximum Gasteiger partial charge on any atom is 0 e. The van der Waals surface area contributed by atoms with Gasteiger partial charge in [-0.15, -0.1) is 34.0 Å². The molecule has 0 unspecified atom stereocenters. The van der Waals surface area contributed by atoms with Crippen LogP contribution in [-0.4, -0.2) is 11.0 Å². The molecule has 0 fully saturated rings. The van der Waals surface area contributed by atoms with E-state index in [0.29, 0.717) is 0 Å². The van der Waals surface area contributed by atoms with Crippen LogP contribution in [0.4, 0.5) is 9.41 Å². The van der Waals surface area contributed by atoms with E-state index >= 15 is 0 Å². The Morgan fingerprint density at radius 2 is 0.600 bits per heavy atom. The molecular formula is H4Br2F2Si. The van der Waals surface area contributed by atoms with Crippen LogP contribution in [0.3, 0.4) is 0 Å². The Morgan fingerprint density at radius 3 is 0.600 bits per heavy atom. The minimum Gasteiger partial charge on any atom is -0.269 e. The van der Waals surface area contributed by atoms with Crippen LogP contribution in [-0.2, 0) is 0 Å². The first kappa shape index (κ1) is 142. The Hall–Kier alpha value is 1.04. The van der Waals surface area contributed by atoms with E-state index in [1.807, 2.05) is 0 Å². The van der Waals surface area contributed by atoms with Crippen molar-refractivity contribution in [1.82, 2.24) is 0 Å². The lowest BCUT2D eigenvalue weighted by Crippen LogP contribution is -0.381. The highest BCUT2D eigenvalue weighted by molar-refractivity contribution is 8.93. The molecule has 5 heavy (non-hydrogen) atoms. The van der Waals surface area contributed by atoms with Crippen LogP contribution in [0.1, 0.15) is 0 Å². The minimum atomic E-state index is 0. The largest absolute Gasteiger partial charge is 0.269 e. The molecule has 0 rings (SSSR count). The van der Waals surface area contributed by atoms with Crippen molar-refractivity contribution < 1.29 is 9.41 Å². The van der Waals surface area contributed by atoms with E-state index in [1.54, 1.807) is 0 Å². The van der Waals surface area contributed by atoms with Crippen LogP contribution >= 0.6 is 34.0 Å². The van der Waals surface area contributed by atoms with Gasteiger partial charge in [-0.2, -0.15) is 0 Å². The zero-order valence-corrected chi connectivity index (χ0v) is 6.56. The maximum absolute atomic E-state index is 0. The predicted octanol–water partition coefficient (Wildman–Crippen LogP) is 1.08. The highest BCUT2D eigenvalue weighted by atomic mass is 79.9. The maximum atomic E-state index is 0. The molecule has 0 amide bonds. The highest BCUT2D eigenvalue weighted by Gasteiger charge is 0.0000255. The van der Waals surface area contributed by atoms with Crippen LogP contribution in [0.5, 0.6) is 0 Å². The lowest BCUT2D eigenvalue weighted by atomic mass is 19.0. The molecule has 0 atom stereocenters. The Bertz CT molecular complexity index is 7.61. The molecule has 0 nitrogen and oxygen atoms in total. The average molecular weight is 230 g/mol. The molecule has 0 aliphatic carbocycles. The average Bonchev–Trinajstić information content (AvgIpc) is 0. The molecule has 0 aliphatic heterocycles. The van der Waals surface area contributed by atoms with Gasteiger partial charge in [0.2, 0.25) is 0 Å². The second-order valence-corrected chi connectivity index (χ2v) is 0. The van der Waals surface area contributed by atoms with Crippen molar-refractivity contribution in [2.24, 2.45) is 0 Å². The summed E-state index contributed by atoms with van der Waals surface area (Å²) in [5.74, 6) is 0. The third-order valence-electron chi connectivity index (χ3n) is 0. The zero-order chi connectivity index (χ0) is 0. The van der Waals surface area contributed by atoms with Gasteiger partial charge in [0.1, 0.15) is 0 Å². The summed E-state index contributed by atoms with van der Waals surface area (Å²) in [5.41, 5.74) is 0. The summed E-state index contributed by atoms with van der Waals surface area (Å²) in [6.07, 6.45) is 0. The normalized spacial score (nSPS) is 0. The van der Waals surface area contributed by atoms with E-state index in [-0.39, 0.29) is 54.3 Å². The van der Waals surface area contributed by atoms with Crippen LogP contribution in [0.2, 0.25) is 0 Å². The van der Waals surface area contributed by atoms with Crippen LogP contribution in [0, 0.1) is 0 Å². The van der Waals surface area contributed by atoms with Gasteiger partial charge in [-0.05, 0) is 0 Å². The first-order valence-electron chi connectivity index (χ1n) is 0. The van der Waals surface area contributed by atoms with Gasteiger partial charge in [0, 0.05) is 11.0 Å². The SMILES string of the molecule is Br.Br.F.F.[Si]. The quantitative estimate of drug-likeness (QED) is 0.546. The fraction of sp³-hybridized carbons (Fsp3) is 0. The van der Waals surface area contributed by atoms with Gasteiger partial charge in [0.15, 0.2) is 0 Å². The van der Waals surface area contributed by atoms with Gasteiger partial charge in [0.25, 0.3) is 0 Å². The van der Waals surface area contributed by atoms with E-state index < -0.39 is 0 Å². The molecule has 0 bridgehead atoms. The van der Waals surface area contributed by atoms with Crippen molar-refractivity contribution in [2.75, 3.05) is 0 Å². The Kier molecular flexibility index (Phi) is 2180. The van der Waals surface area contributed by atoms with Gasteiger partial charge in [0.05, 0.1) is 0 Å². The minimum absolute atomic E-state index is 0. The van der Waals surface area contributed by atoms with Gasteiger partial charge < -0.3 is 0 Å². The zero-order valence-electron chi connectivity index (χ0n) is 2.13. The topological polar surface area (TPSA) is 0 Å². The van der Waals surface area contributed by atoms with Crippen molar-refractivity contribution in [1.29, 1.82) is 0 Å². The molecule has 0 aliphatic rings. The Balaban J connectivity index is 0. The molecule has 4 radical (unpaired) electrons. The molecule has 0 aromatic rings. The Labute approximate surface area is 54.6 Å². The summed E-state index contributed by atoms with van der Waals surface area (Å²) < 4.78 is 0. The third-order valence-corrected chi connectivity index (χ3v) is 0. The first-order chi connectivity index (χ1) is 0. The van der Waals surface area contributed by atoms with Crippen molar-refractivity contribution in [3.05, 3.63) is 0 Å². The number of halogens is 4. The van der Waals surface area contributed by atoms with Gasteiger partial charge in [-0.3, -0.25) is 9.41 Å². The number of hydrogen-bond acceptors (Lipinski definition) is 0. The van der Waals surface area contributed by atoms with Gasteiger partial charge in [-0.1, -0.05) is 0 Å². The fourth-order valence-electron chi connectivity index (χ4n) is 0. The molecule has 0 N–H and O–H groups in total. The molecular weight excluding hydrogens is 226 g/mol. The summed E-state index contributed by atoms with van der Waals surface area (Å²) in [7, 11) is 0. The molecule has 0 aromatic carbocycles. The van der Waals surface area contributed by atoms with Crippen molar-refractivity contribution >= 4 is 44.9 Å². The van der Waals surface area contributed by atoms with Crippen molar-refractivity contribution in [3.8, 4) is 0 Å². The van der Waals surface area contributed by atoms with Gasteiger partial charge in [-0.25, -0.2) is 0 Å². The molecule has 0 saturated heterocycles. The summed E-state index contributed by atoms with van der Waals surface area (Å²) in [4.78, 5) is 0. The Morgan fingerprint density at radius 1 is 0.600 bits per heavy atom. The summed E-state index contributed by atoms with van der Waals surface area (Å²) in [6.45, 7) is 0. The van der Waals surface area contributed by atoms with Gasteiger partial charge >= 0.3 is 0 Å². The van der Waals surface area contributed by atoms with Crippen LogP contribution in [0.15, 0.2) is 0 Å². The predicted molar refractivity (Wildman–Crippen MR) is 31.4 cm³/mol. The molecule has 0 heterocycles. The molecule has 0 saturated carbocycles. The lowest BCUT2D eigenvalue weighted by molar-refractivity contribution is 1.11. The second kappa shape index (κ2) is 76.3.